The van der Waals surface area contributed by atoms with Gasteiger partial charge in [0.05, 0.1) is 44.1 Å². The van der Waals surface area contributed by atoms with Crippen molar-refractivity contribution in [3.63, 3.8) is 0 Å². The van der Waals surface area contributed by atoms with Crippen LogP contribution >= 0.6 is 22.7 Å². The van der Waals surface area contributed by atoms with E-state index in [1.165, 1.54) is 16.2 Å². The number of likely N-dealkylation sites (tertiary alicyclic amines) is 1. The summed E-state index contributed by atoms with van der Waals surface area (Å²) in [4.78, 5) is 73.4. The number of β-amino-alcohol motifs (C(OH)–C–C–N with tert-alkyl or cyclic N) is 1. The van der Waals surface area contributed by atoms with Gasteiger partial charge in [-0.2, -0.15) is 0 Å². The first-order chi connectivity index (χ1) is 39.4. The minimum atomic E-state index is -1.17. The van der Waals surface area contributed by atoms with E-state index in [0.29, 0.717) is 77.2 Å². The third-order valence-electron chi connectivity index (χ3n) is 15.4. The Bertz CT molecular complexity index is 3840. The lowest BCUT2D eigenvalue weighted by molar-refractivity contribution is -0.144. The van der Waals surface area contributed by atoms with Crippen LogP contribution < -0.4 is 20.3 Å². The maximum absolute atomic E-state index is 14.6. The van der Waals surface area contributed by atoms with Gasteiger partial charge in [-0.05, 0) is 133 Å². The van der Waals surface area contributed by atoms with Crippen LogP contribution in [0.2, 0.25) is 0 Å². The monoisotopic (exact) mass is 1130 g/mol. The Morgan fingerprint density at radius 1 is 0.866 bits per heavy atom. The van der Waals surface area contributed by atoms with Crippen LogP contribution in [-0.4, -0.2) is 94.0 Å². The standard InChI is InChI=1S/C63H62N10O7S2/c1-36-46(47-27-28-54(67-55(47)61(78)79)71-30-29-41-11-9-13-48(49(41)34-71)58(75)68-62-66-50-14-7-8-16-53(50)82-62)12-10-15-52(36)80-45-25-18-39(19-26-45)17-24-43-32-73(70-69-43)57(63(4,5)6)60(77)72-33-44(74)31-51(72)59(76)65-37(2)40-20-22-42(23-21-40)56-38(3)64-35-81-56/h7-16,18-23,25-28,32,35,37,44,51,57,74H,17,24,29-31,33-34H2,1-6H3,(H,65,76)(H,78,79)(H,66,68,75)/t37?,44-,51+,57?/m1/s1. The Morgan fingerprint density at radius 2 is 1.65 bits per heavy atom. The highest BCUT2D eigenvalue weighted by atomic mass is 32.1. The first-order valence-corrected chi connectivity index (χ1v) is 29.0. The Balaban J connectivity index is 0.720. The van der Waals surface area contributed by atoms with Gasteiger partial charge in [0.2, 0.25) is 11.8 Å². The Morgan fingerprint density at radius 3 is 2.39 bits per heavy atom. The maximum Gasteiger partial charge on any atom is 0.355 e. The second-order valence-corrected chi connectivity index (χ2v) is 24.0. The fraction of sp³-hybridized carbons (Fsp3) is 0.286. The number of carbonyl (C=O) groups is 4. The van der Waals surface area contributed by atoms with E-state index in [1.54, 1.807) is 34.3 Å². The molecule has 4 N–H and O–H groups in total. The Hall–Kier alpha value is -8.65. The number of carboxylic acid groups (broad SMARTS) is 1. The zero-order chi connectivity index (χ0) is 57.4. The molecule has 0 radical (unpaired) electrons. The number of fused-ring (bicyclic) bond motifs is 2. The van der Waals surface area contributed by atoms with Crippen LogP contribution in [0.3, 0.4) is 0 Å². The number of aromatic carboxylic acids is 1. The SMILES string of the molecule is Cc1ncsc1-c1ccc(C(C)NC(=O)[C@@H]2C[C@@H](O)CN2C(=O)C(n2cc(CCc3ccc(Oc4cccc(-c5ccc(N6CCc7cccc(C(=O)Nc8nc9ccccc9s8)c7C6)nc5C(=O)O)c4C)cc3)nn2)C(C)(C)C)cc1. The molecule has 17 nitrogen and oxygen atoms in total. The molecule has 418 valence electrons. The number of aromatic nitrogens is 6. The number of hydrogen-bond acceptors (Lipinski definition) is 14. The van der Waals surface area contributed by atoms with Gasteiger partial charge < -0.3 is 30.1 Å². The van der Waals surface area contributed by atoms with E-state index in [0.717, 1.165) is 54.2 Å². The zero-order valence-corrected chi connectivity index (χ0v) is 47.9. The van der Waals surface area contributed by atoms with Gasteiger partial charge >= 0.3 is 5.97 Å². The van der Waals surface area contributed by atoms with Crippen LogP contribution in [-0.2, 0) is 35.4 Å². The minimum absolute atomic E-state index is 0.0276. The number of carbonyl (C=O) groups excluding carboxylic acids is 3. The quantitative estimate of drug-likeness (QED) is 0.0709. The van der Waals surface area contributed by atoms with Gasteiger partial charge in [-0.3, -0.25) is 19.7 Å². The van der Waals surface area contributed by atoms with Crippen LogP contribution in [0.4, 0.5) is 10.9 Å². The fourth-order valence-electron chi connectivity index (χ4n) is 11.0. The number of rotatable bonds is 16. The van der Waals surface area contributed by atoms with E-state index in [1.807, 2.05) is 161 Å². The number of amides is 3. The van der Waals surface area contributed by atoms with E-state index >= 15 is 0 Å². The maximum atomic E-state index is 14.6. The molecule has 82 heavy (non-hydrogen) atoms. The highest BCUT2D eigenvalue weighted by Crippen LogP contribution is 2.38. The minimum Gasteiger partial charge on any atom is -0.476 e. The number of nitrogens with one attached hydrogen (secondary N) is 2. The van der Waals surface area contributed by atoms with Crippen molar-refractivity contribution in [2.45, 2.75) is 98.0 Å². The van der Waals surface area contributed by atoms with Gasteiger partial charge in [0, 0.05) is 43.4 Å². The molecule has 19 heteroatoms. The molecule has 0 spiro atoms. The van der Waals surface area contributed by atoms with Crippen molar-refractivity contribution in [3.05, 3.63) is 183 Å². The topological polar surface area (TPSA) is 218 Å². The summed E-state index contributed by atoms with van der Waals surface area (Å²) in [6.45, 7) is 12.6. The summed E-state index contributed by atoms with van der Waals surface area (Å²) in [6.07, 6.45) is 2.87. The highest BCUT2D eigenvalue weighted by Gasteiger charge is 2.45. The summed E-state index contributed by atoms with van der Waals surface area (Å²) in [5, 5.41) is 36.9. The molecule has 5 aromatic carbocycles. The Labute approximate surface area is 482 Å². The Kier molecular flexibility index (Phi) is 15.5. The zero-order valence-electron chi connectivity index (χ0n) is 46.3. The summed E-state index contributed by atoms with van der Waals surface area (Å²) in [5.41, 5.74) is 10.9. The summed E-state index contributed by atoms with van der Waals surface area (Å²) in [6, 6.07) is 36.3. The van der Waals surface area contributed by atoms with Crippen molar-refractivity contribution in [1.29, 1.82) is 0 Å². The second kappa shape index (κ2) is 23.1. The molecule has 4 atom stereocenters. The molecule has 0 saturated carbocycles. The fourth-order valence-corrected chi connectivity index (χ4v) is 12.7. The van der Waals surface area contributed by atoms with Crippen molar-refractivity contribution in [1.82, 2.24) is 40.2 Å². The lowest BCUT2D eigenvalue weighted by Gasteiger charge is -2.34. The first kappa shape index (κ1) is 55.3. The molecule has 2 aliphatic rings. The van der Waals surface area contributed by atoms with Crippen molar-refractivity contribution in [3.8, 4) is 33.1 Å². The van der Waals surface area contributed by atoms with Gasteiger partial charge in [-0.15, -0.1) is 16.4 Å². The predicted molar refractivity (Wildman–Crippen MR) is 318 cm³/mol. The van der Waals surface area contributed by atoms with Gasteiger partial charge in [-0.1, -0.05) is 110 Å². The van der Waals surface area contributed by atoms with Crippen molar-refractivity contribution in [2.24, 2.45) is 5.41 Å². The molecule has 0 aliphatic carbocycles. The van der Waals surface area contributed by atoms with Gasteiger partial charge in [0.1, 0.15) is 29.4 Å². The number of anilines is 2. The number of benzene rings is 5. The number of pyridine rings is 1. The molecular formula is C63H62N10O7S2. The third-order valence-corrected chi connectivity index (χ3v) is 17.3. The normalized spacial score (nSPS) is 15.9. The molecule has 2 unspecified atom stereocenters. The molecule has 9 aromatic rings. The third kappa shape index (κ3) is 11.6. The van der Waals surface area contributed by atoms with Gasteiger partial charge in [0.25, 0.3) is 5.91 Å². The average molecular weight is 1140 g/mol. The van der Waals surface area contributed by atoms with Crippen LogP contribution in [0, 0.1) is 19.3 Å². The molecular weight excluding hydrogens is 1070 g/mol. The molecule has 2 aliphatic heterocycles. The number of aliphatic hydroxyl groups is 1. The number of ether oxygens (including phenoxy) is 1. The number of aliphatic hydroxyl groups excluding tert-OH is 1. The van der Waals surface area contributed by atoms with Crippen LogP contribution in [0.15, 0.2) is 133 Å². The number of thiazole rings is 2. The van der Waals surface area contributed by atoms with Crippen LogP contribution in [0.1, 0.15) is 106 Å². The average Bonchev–Trinajstić information content (AvgIpc) is 4.46. The molecule has 1 saturated heterocycles. The van der Waals surface area contributed by atoms with Gasteiger partial charge in [-0.25, -0.2) is 24.4 Å². The van der Waals surface area contributed by atoms with E-state index in [9.17, 15) is 29.4 Å². The molecule has 4 aromatic heterocycles. The lowest BCUT2D eigenvalue weighted by Crippen LogP contribution is -2.50. The van der Waals surface area contributed by atoms with Crippen molar-refractivity contribution in [2.75, 3.05) is 23.3 Å². The molecule has 0 bridgehead atoms. The van der Waals surface area contributed by atoms with Gasteiger partial charge in [0.15, 0.2) is 10.8 Å². The molecule has 1 fully saturated rings. The molecule has 6 heterocycles. The number of carboxylic acids is 1. The summed E-state index contributed by atoms with van der Waals surface area (Å²) in [5.74, 6) is -0.416. The molecule has 3 amide bonds. The smallest absolute Gasteiger partial charge is 0.355 e. The number of para-hydroxylation sites is 1. The predicted octanol–water partition coefficient (Wildman–Crippen LogP) is 11.2. The van der Waals surface area contributed by atoms with E-state index in [2.05, 4.69) is 30.9 Å². The van der Waals surface area contributed by atoms with Crippen LogP contribution in [0.5, 0.6) is 11.5 Å². The van der Waals surface area contributed by atoms with Crippen LogP contribution in [0.25, 0.3) is 31.8 Å². The lowest BCUT2D eigenvalue weighted by atomic mass is 9.85. The van der Waals surface area contributed by atoms with E-state index in [4.69, 9.17) is 9.72 Å². The number of hydrogen-bond donors (Lipinski definition) is 4. The summed E-state index contributed by atoms with van der Waals surface area (Å²) >= 11 is 3.00. The highest BCUT2D eigenvalue weighted by molar-refractivity contribution is 7.22. The van der Waals surface area contributed by atoms with Crippen molar-refractivity contribution >= 4 is 67.5 Å². The second-order valence-electron chi connectivity index (χ2n) is 22.1. The summed E-state index contributed by atoms with van der Waals surface area (Å²) in [7, 11) is 0. The van der Waals surface area contributed by atoms with Crippen molar-refractivity contribution < 1.29 is 34.1 Å². The summed E-state index contributed by atoms with van der Waals surface area (Å²) < 4.78 is 8.99. The number of nitrogens with zero attached hydrogens (tertiary/aromatic N) is 8. The number of aryl methyl sites for hydroxylation is 3. The first-order valence-electron chi connectivity index (χ1n) is 27.3. The van der Waals surface area contributed by atoms with E-state index < -0.39 is 29.6 Å². The largest absolute Gasteiger partial charge is 0.476 e. The van der Waals surface area contributed by atoms with E-state index in [-0.39, 0.29) is 42.4 Å². The molecule has 11 rings (SSSR count).